The molecule has 3 rings (SSSR count). The van der Waals surface area contributed by atoms with Gasteiger partial charge in [0.15, 0.2) is 11.0 Å². The van der Waals surface area contributed by atoms with Gasteiger partial charge in [-0.1, -0.05) is 17.8 Å². The molecule has 1 amide bonds. The summed E-state index contributed by atoms with van der Waals surface area (Å²) in [5.74, 6) is 1.38. The molecule has 0 aromatic carbocycles. The van der Waals surface area contributed by atoms with E-state index in [0.717, 1.165) is 22.4 Å². The molecule has 1 aliphatic rings. The zero-order chi connectivity index (χ0) is 17.1. The van der Waals surface area contributed by atoms with Crippen molar-refractivity contribution in [2.75, 3.05) is 18.8 Å². The number of hydrogen-bond donors (Lipinski definition) is 0. The minimum atomic E-state index is 0.0902. The Morgan fingerprint density at radius 2 is 2.12 bits per heavy atom. The van der Waals surface area contributed by atoms with Crippen molar-refractivity contribution in [3.05, 3.63) is 17.5 Å². The molecule has 0 spiro atoms. The van der Waals surface area contributed by atoms with Crippen LogP contribution < -0.4 is 0 Å². The van der Waals surface area contributed by atoms with Crippen LogP contribution in [0.4, 0.5) is 0 Å². The first kappa shape index (κ1) is 17.4. The first-order valence-corrected chi connectivity index (χ1v) is 9.98. The summed E-state index contributed by atoms with van der Waals surface area (Å²) in [6.07, 6.45) is 0.180. The van der Waals surface area contributed by atoms with E-state index in [1.807, 2.05) is 36.3 Å². The van der Waals surface area contributed by atoms with E-state index in [2.05, 4.69) is 21.7 Å². The Bertz CT molecular complexity index is 676. The molecule has 130 valence electrons. The number of rotatable bonds is 5. The van der Waals surface area contributed by atoms with Crippen molar-refractivity contribution in [1.82, 2.24) is 19.7 Å². The summed E-state index contributed by atoms with van der Waals surface area (Å²) < 4.78 is 7.75. The molecule has 3 heterocycles. The fraction of sp³-hybridized carbons (Fsp3) is 0.562. The number of thiophene rings is 1. The summed E-state index contributed by atoms with van der Waals surface area (Å²) in [7, 11) is 0. The van der Waals surface area contributed by atoms with Crippen LogP contribution in [0.2, 0.25) is 0 Å². The second kappa shape index (κ2) is 7.67. The molecule has 24 heavy (non-hydrogen) atoms. The molecule has 0 unspecified atom stereocenters. The molecule has 1 aliphatic heterocycles. The number of nitrogens with zero attached hydrogens (tertiary/aromatic N) is 4. The van der Waals surface area contributed by atoms with Crippen LogP contribution in [0.1, 0.15) is 20.8 Å². The van der Waals surface area contributed by atoms with Crippen molar-refractivity contribution < 1.29 is 9.53 Å². The van der Waals surface area contributed by atoms with E-state index in [1.54, 1.807) is 11.3 Å². The van der Waals surface area contributed by atoms with Crippen LogP contribution in [0, 0.1) is 0 Å². The molecule has 6 nitrogen and oxygen atoms in total. The number of morpholine rings is 1. The Hall–Kier alpha value is -1.38. The lowest BCUT2D eigenvalue weighted by Crippen LogP contribution is -2.48. The van der Waals surface area contributed by atoms with Crippen molar-refractivity contribution in [3.8, 4) is 10.7 Å². The monoisotopic (exact) mass is 366 g/mol. The van der Waals surface area contributed by atoms with Gasteiger partial charge in [0.25, 0.3) is 0 Å². The van der Waals surface area contributed by atoms with Gasteiger partial charge in [-0.25, -0.2) is 0 Å². The second-order valence-electron chi connectivity index (χ2n) is 5.87. The van der Waals surface area contributed by atoms with Crippen LogP contribution >= 0.6 is 23.1 Å². The summed E-state index contributed by atoms with van der Waals surface area (Å²) >= 11 is 3.10. The van der Waals surface area contributed by atoms with Gasteiger partial charge in [-0.05, 0) is 32.2 Å². The lowest BCUT2D eigenvalue weighted by molar-refractivity contribution is -0.140. The van der Waals surface area contributed by atoms with Crippen molar-refractivity contribution in [3.63, 3.8) is 0 Å². The first-order chi connectivity index (χ1) is 11.6. The lowest BCUT2D eigenvalue weighted by atomic mass is 10.2. The molecule has 0 N–H and O–H groups in total. The number of carbonyl (C=O) groups is 1. The maximum atomic E-state index is 12.5. The summed E-state index contributed by atoms with van der Waals surface area (Å²) in [6.45, 7) is 8.17. The molecule has 0 radical (unpaired) electrons. The van der Waals surface area contributed by atoms with Crippen LogP contribution in [0.15, 0.2) is 22.7 Å². The summed E-state index contributed by atoms with van der Waals surface area (Å²) in [6, 6.07) is 4.04. The fourth-order valence-corrected chi connectivity index (χ4v) is 4.49. The highest BCUT2D eigenvalue weighted by atomic mass is 32.2. The zero-order valence-corrected chi connectivity index (χ0v) is 15.8. The van der Waals surface area contributed by atoms with E-state index in [9.17, 15) is 4.79 Å². The lowest BCUT2D eigenvalue weighted by Gasteiger charge is -2.35. The van der Waals surface area contributed by atoms with Gasteiger partial charge in [-0.3, -0.25) is 4.79 Å². The highest BCUT2D eigenvalue weighted by Gasteiger charge is 2.26. The minimum Gasteiger partial charge on any atom is -0.372 e. The molecule has 2 aromatic rings. The minimum absolute atomic E-state index is 0.0902. The third-order valence-corrected chi connectivity index (χ3v) is 5.69. The predicted molar refractivity (Wildman–Crippen MR) is 96.3 cm³/mol. The second-order valence-corrected chi connectivity index (χ2v) is 7.76. The zero-order valence-electron chi connectivity index (χ0n) is 14.1. The number of carbonyl (C=O) groups excluding carboxylic acids is 1. The molecule has 1 fully saturated rings. The molecular weight excluding hydrogens is 344 g/mol. The summed E-state index contributed by atoms with van der Waals surface area (Å²) in [5, 5.41) is 11.4. The molecule has 1 saturated heterocycles. The SMILES string of the molecule is CCn1c(SCC(=O)N2C[C@@H](C)O[C@@H](C)C2)nnc1-c1cccs1. The molecule has 0 saturated carbocycles. The third-order valence-electron chi connectivity index (χ3n) is 3.87. The molecule has 0 bridgehead atoms. The predicted octanol–water partition coefficient (Wildman–Crippen LogP) is 2.75. The number of aromatic nitrogens is 3. The summed E-state index contributed by atoms with van der Waals surface area (Å²) in [5.41, 5.74) is 0. The maximum absolute atomic E-state index is 12.5. The molecule has 2 atom stereocenters. The van der Waals surface area contributed by atoms with E-state index >= 15 is 0 Å². The smallest absolute Gasteiger partial charge is 0.233 e. The van der Waals surface area contributed by atoms with Crippen LogP contribution in [0.25, 0.3) is 10.7 Å². The van der Waals surface area contributed by atoms with Crippen molar-refractivity contribution in [2.24, 2.45) is 0 Å². The molecule has 8 heteroatoms. The van der Waals surface area contributed by atoms with Gasteiger partial charge in [-0.2, -0.15) is 0 Å². The van der Waals surface area contributed by atoms with Gasteiger partial charge in [0.1, 0.15) is 0 Å². The quantitative estimate of drug-likeness (QED) is 0.762. The van der Waals surface area contributed by atoms with Gasteiger partial charge in [0.2, 0.25) is 5.91 Å². The Morgan fingerprint density at radius 1 is 1.38 bits per heavy atom. The van der Waals surface area contributed by atoms with Gasteiger partial charge >= 0.3 is 0 Å². The average Bonchev–Trinajstić information content (AvgIpc) is 3.20. The number of ether oxygens (including phenoxy) is 1. The van der Waals surface area contributed by atoms with E-state index in [-0.39, 0.29) is 18.1 Å². The normalized spacial score (nSPS) is 21.2. The highest BCUT2D eigenvalue weighted by Crippen LogP contribution is 2.27. The Labute approximate surface area is 150 Å². The molecule has 0 aliphatic carbocycles. The van der Waals surface area contributed by atoms with Gasteiger partial charge in [0.05, 0.1) is 22.8 Å². The highest BCUT2D eigenvalue weighted by molar-refractivity contribution is 7.99. The van der Waals surface area contributed by atoms with Gasteiger partial charge < -0.3 is 14.2 Å². The van der Waals surface area contributed by atoms with E-state index in [0.29, 0.717) is 18.8 Å². The molecular formula is C16H22N4O2S2. The van der Waals surface area contributed by atoms with Crippen molar-refractivity contribution in [1.29, 1.82) is 0 Å². The first-order valence-electron chi connectivity index (χ1n) is 8.11. The topological polar surface area (TPSA) is 60.2 Å². The average molecular weight is 367 g/mol. The number of amides is 1. The molecule has 2 aromatic heterocycles. The van der Waals surface area contributed by atoms with Gasteiger partial charge in [-0.15, -0.1) is 21.5 Å². The largest absolute Gasteiger partial charge is 0.372 e. The Balaban J connectivity index is 1.65. The Kier molecular flexibility index (Phi) is 5.57. The number of thioether (sulfide) groups is 1. The summed E-state index contributed by atoms with van der Waals surface area (Å²) in [4.78, 5) is 15.5. The fourth-order valence-electron chi connectivity index (χ4n) is 2.87. The third kappa shape index (κ3) is 3.81. The standard InChI is InChI=1S/C16H22N4O2S2/c1-4-20-15(13-6-5-7-23-13)17-18-16(20)24-10-14(21)19-8-11(2)22-12(3)9-19/h5-7,11-12H,4,8-10H2,1-3H3/t11-,12+. The van der Waals surface area contributed by atoms with Gasteiger partial charge in [0, 0.05) is 19.6 Å². The van der Waals surface area contributed by atoms with Crippen molar-refractivity contribution in [2.45, 2.75) is 44.7 Å². The number of hydrogen-bond acceptors (Lipinski definition) is 6. The Morgan fingerprint density at radius 3 is 2.75 bits per heavy atom. The van der Waals surface area contributed by atoms with E-state index < -0.39 is 0 Å². The van der Waals surface area contributed by atoms with Crippen molar-refractivity contribution >= 4 is 29.0 Å². The van der Waals surface area contributed by atoms with E-state index in [4.69, 9.17) is 4.74 Å². The van der Waals surface area contributed by atoms with Crippen LogP contribution in [0.3, 0.4) is 0 Å². The van der Waals surface area contributed by atoms with E-state index in [1.165, 1.54) is 11.8 Å². The maximum Gasteiger partial charge on any atom is 0.233 e. The van der Waals surface area contributed by atoms with Crippen LogP contribution in [0.5, 0.6) is 0 Å². The van der Waals surface area contributed by atoms with Crippen LogP contribution in [-0.4, -0.2) is 56.6 Å². The van der Waals surface area contributed by atoms with Crippen LogP contribution in [-0.2, 0) is 16.1 Å².